The summed E-state index contributed by atoms with van der Waals surface area (Å²) < 4.78 is 56.9. The predicted molar refractivity (Wildman–Crippen MR) is 171 cm³/mol. The van der Waals surface area contributed by atoms with Crippen LogP contribution in [0.25, 0.3) is 32.8 Å². The molecule has 3 fully saturated rings. The number of ether oxygens (including phenoxy) is 2. The van der Waals surface area contributed by atoms with E-state index in [9.17, 15) is 13.9 Å². The zero-order valence-electron chi connectivity index (χ0n) is 25.5. The molecule has 238 valence electrons. The van der Waals surface area contributed by atoms with Gasteiger partial charge in [0, 0.05) is 55.7 Å². The summed E-state index contributed by atoms with van der Waals surface area (Å²) >= 11 is 0. The van der Waals surface area contributed by atoms with Gasteiger partial charge in [0.15, 0.2) is 5.82 Å². The lowest BCUT2D eigenvalue weighted by atomic mass is 9.93. The summed E-state index contributed by atoms with van der Waals surface area (Å²) in [6.45, 7) is 3.97. The van der Waals surface area contributed by atoms with Crippen LogP contribution in [0.4, 0.5) is 19.0 Å². The quantitative estimate of drug-likeness (QED) is 0.267. The molecule has 46 heavy (non-hydrogen) atoms. The van der Waals surface area contributed by atoms with Crippen LogP contribution in [0.5, 0.6) is 11.8 Å². The number of nitrogens with zero attached hydrogens (tertiary/aromatic N) is 4. The maximum absolute atomic E-state index is 16.8. The normalized spacial score (nSPS) is 22.5. The van der Waals surface area contributed by atoms with Crippen LogP contribution in [0.3, 0.4) is 0 Å². The molecule has 11 heteroatoms. The van der Waals surface area contributed by atoms with Crippen molar-refractivity contribution < 1.29 is 27.8 Å². The molecule has 8 nitrogen and oxygen atoms in total. The van der Waals surface area contributed by atoms with Gasteiger partial charge in [0.25, 0.3) is 0 Å². The van der Waals surface area contributed by atoms with Crippen molar-refractivity contribution in [1.29, 1.82) is 0 Å². The predicted octanol–water partition coefficient (Wildman–Crippen LogP) is 5.31. The molecule has 1 aromatic heterocycles. The van der Waals surface area contributed by atoms with Crippen LogP contribution in [-0.2, 0) is 4.74 Å². The number of hydrogen-bond donors (Lipinski definition) is 2. The Bertz CT molecular complexity index is 1910. The third-order valence-electron chi connectivity index (χ3n) is 9.49. The number of rotatable bonds is 7. The zero-order valence-corrected chi connectivity index (χ0v) is 25.5. The SMILES string of the molecule is C#Cc1c(F)ccc2cc(O)cc(-c3ccc4c(N5CCNC(COC)C5)nc(OCC56CCCN5C/C(=C/F)C6)nc4c3F)c12. The van der Waals surface area contributed by atoms with Gasteiger partial charge in [-0.2, -0.15) is 9.97 Å². The number of phenols is 1. The van der Waals surface area contributed by atoms with E-state index in [0.29, 0.717) is 67.5 Å². The van der Waals surface area contributed by atoms with Crippen LogP contribution < -0.4 is 15.0 Å². The van der Waals surface area contributed by atoms with Crippen LogP contribution in [0.2, 0.25) is 0 Å². The van der Waals surface area contributed by atoms with Gasteiger partial charge in [-0.1, -0.05) is 18.1 Å². The van der Waals surface area contributed by atoms with Gasteiger partial charge in [-0.15, -0.1) is 6.42 Å². The molecule has 4 heterocycles. The summed E-state index contributed by atoms with van der Waals surface area (Å²) in [5, 5.41) is 15.2. The molecular formula is C35H34F3N5O3. The van der Waals surface area contributed by atoms with Crippen LogP contribution in [0.15, 0.2) is 48.3 Å². The van der Waals surface area contributed by atoms with E-state index in [-0.39, 0.29) is 52.2 Å². The lowest BCUT2D eigenvalue weighted by molar-refractivity contribution is 0.108. The second-order valence-electron chi connectivity index (χ2n) is 12.3. The maximum atomic E-state index is 16.8. The van der Waals surface area contributed by atoms with E-state index in [1.165, 1.54) is 24.3 Å². The van der Waals surface area contributed by atoms with Crippen molar-refractivity contribution in [2.45, 2.75) is 30.8 Å². The van der Waals surface area contributed by atoms with Crippen molar-refractivity contribution in [2.24, 2.45) is 0 Å². The number of hydrogen-bond acceptors (Lipinski definition) is 8. The third kappa shape index (κ3) is 5.20. The monoisotopic (exact) mass is 629 g/mol. The van der Waals surface area contributed by atoms with Crippen LogP contribution in [0.1, 0.15) is 24.8 Å². The molecular weight excluding hydrogens is 595 g/mol. The van der Waals surface area contributed by atoms with Gasteiger partial charge >= 0.3 is 6.01 Å². The van der Waals surface area contributed by atoms with Crippen LogP contribution in [0, 0.1) is 24.0 Å². The summed E-state index contributed by atoms with van der Waals surface area (Å²) in [5.41, 5.74) is 0.687. The molecule has 3 aliphatic rings. The second-order valence-corrected chi connectivity index (χ2v) is 12.3. The fourth-order valence-corrected chi connectivity index (χ4v) is 7.40. The fourth-order valence-electron chi connectivity index (χ4n) is 7.40. The maximum Gasteiger partial charge on any atom is 0.319 e. The van der Waals surface area contributed by atoms with Gasteiger partial charge in [0.1, 0.15) is 29.5 Å². The molecule has 3 saturated heterocycles. The number of terminal acetylenes is 1. The highest BCUT2D eigenvalue weighted by atomic mass is 19.1. The molecule has 3 aliphatic heterocycles. The van der Waals surface area contributed by atoms with Crippen LogP contribution in [-0.4, -0.2) is 84.6 Å². The number of aromatic hydroxyl groups is 1. The Labute approximate surface area is 264 Å². The number of nitrogens with one attached hydrogen (secondary N) is 1. The molecule has 7 rings (SSSR count). The van der Waals surface area contributed by atoms with Crippen molar-refractivity contribution in [3.8, 4) is 35.2 Å². The molecule has 0 radical (unpaired) electrons. The van der Waals surface area contributed by atoms with E-state index in [0.717, 1.165) is 25.0 Å². The van der Waals surface area contributed by atoms with Gasteiger partial charge in [0.05, 0.1) is 24.0 Å². The number of aromatic nitrogens is 2. The first kappa shape index (κ1) is 30.3. The second kappa shape index (κ2) is 12.1. The molecule has 4 aromatic rings. The van der Waals surface area contributed by atoms with Crippen molar-refractivity contribution >= 4 is 27.5 Å². The van der Waals surface area contributed by atoms with Gasteiger partial charge in [-0.25, -0.2) is 13.2 Å². The van der Waals surface area contributed by atoms with Crippen LogP contribution >= 0.6 is 0 Å². The number of anilines is 1. The Balaban J connectivity index is 1.37. The number of phenolic OH excluding ortho intramolecular Hbond substituents is 1. The number of benzene rings is 3. The average molecular weight is 630 g/mol. The Kier molecular flexibility index (Phi) is 7.97. The van der Waals surface area contributed by atoms with Gasteiger partial charge in [0.2, 0.25) is 0 Å². The summed E-state index contributed by atoms with van der Waals surface area (Å²) in [6.07, 6.45) is 8.75. The smallest absolute Gasteiger partial charge is 0.319 e. The van der Waals surface area contributed by atoms with E-state index in [2.05, 4.69) is 26.0 Å². The molecule has 0 saturated carbocycles. The van der Waals surface area contributed by atoms with E-state index in [1.807, 2.05) is 0 Å². The highest BCUT2D eigenvalue weighted by Gasteiger charge is 2.47. The van der Waals surface area contributed by atoms with E-state index in [1.54, 1.807) is 19.2 Å². The van der Waals surface area contributed by atoms with Crippen molar-refractivity contribution in [3.63, 3.8) is 0 Å². The Morgan fingerprint density at radius 3 is 2.85 bits per heavy atom. The van der Waals surface area contributed by atoms with Crippen molar-refractivity contribution in [2.75, 3.05) is 57.9 Å². The minimum atomic E-state index is -0.683. The largest absolute Gasteiger partial charge is 0.508 e. The Hall–Kier alpha value is -4.37. The Morgan fingerprint density at radius 1 is 1.17 bits per heavy atom. The van der Waals surface area contributed by atoms with Crippen molar-refractivity contribution in [1.82, 2.24) is 20.2 Å². The van der Waals surface area contributed by atoms with Gasteiger partial charge in [-0.05, 0) is 66.6 Å². The first-order valence-electron chi connectivity index (χ1n) is 15.4. The first-order valence-corrected chi connectivity index (χ1v) is 15.4. The molecule has 2 unspecified atom stereocenters. The molecule has 0 amide bonds. The minimum absolute atomic E-state index is 0.00963. The summed E-state index contributed by atoms with van der Waals surface area (Å²) in [4.78, 5) is 13.7. The highest BCUT2D eigenvalue weighted by molar-refractivity contribution is 6.04. The summed E-state index contributed by atoms with van der Waals surface area (Å²) in [7, 11) is 1.64. The summed E-state index contributed by atoms with van der Waals surface area (Å²) in [6, 6.07) is 8.92. The number of halogens is 3. The highest BCUT2D eigenvalue weighted by Crippen LogP contribution is 2.43. The number of methoxy groups -OCH3 is 1. The summed E-state index contributed by atoms with van der Waals surface area (Å²) in [5.74, 6) is 1.48. The molecule has 0 aliphatic carbocycles. The Morgan fingerprint density at radius 2 is 2.04 bits per heavy atom. The lowest BCUT2D eigenvalue weighted by Crippen LogP contribution is -2.53. The molecule has 3 aromatic carbocycles. The number of piperazine rings is 1. The van der Waals surface area contributed by atoms with E-state index >= 15 is 4.39 Å². The van der Waals surface area contributed by atoms with Crippen molar-refractivity contribution in [3.05, 3.63) is 65.5 Å². The molecule has 2 atom stereocenters. The lowest BCUT2D eigenvalue weighted by Gasteiger charge is -2.35. The molecule has 0 spiro atoms. The molecule has 2 N–H and O–H groups in total. The average Bonchev–Trinajstić information content (AvgIpc) is 3.61. The standard InChI is InChI=1S/C35H34F3N5O3/c1-3-25-29(37)8-5-22-13-24(44)14-28(30(22)25)26-6-7-27-32(31(26)38)40-34(41-33(27)42-12-10-39-23(18-42)19-45-2)46-20-35-9-4-11-43(35)17-21(15-35)16-36/h1,5-8,13-14,16,23,39,44H,4,9-12,15,17-20H2,2H3/b21-16+. The number of fused-ring (bicyclic) bond motifs is 3. The van der Waals surface area contributed by atoms with Gasteiger partial charge < -0.3 is 24.8 Å². The van der Waals surface area contributed by atoms with E-state index < -0.39 is 11.6 Å². The van der Waals surface area contributed by atoms with Gasteiger partial charge in [-0.3, -0.25) is 4.90 Å². The molecule has 0 bridgehead atoms. The fraction of sp³-hybridized carbons (Fsp3) is 0.371. The topological polar surface area (TPSA) is 83.0 Å². The zero-order chi connectivity index (χ0) is 32.0. The first-order chi connectivity index (χ1) is 22.3. The minimum Gasteiger partial charge on any atom is -0.508 e. The van der Waals surface area contributed by atoms with E-state index in [4.69, 9.17) is 20.9 Å². The third-order valence-corrected chi connectivity index (χ3v) is 9.49.